The maximum atomic E-state index is 12.6. The van der Waals surface area contributed by atoms with E-state index in [1.54, 1.807) is 12.1 Å². The SMILES string of the molecule is O=C(CCn1cnc2ccccc2c1=O)NCC(c1ccccc1)c1ccccc1. The molecule has 0 saturated heterocycles. The molecule has 0 aliphatic rings. The molecule has 1 heterocycles. The summed E-state index contributed by atoms with van der Waals surface area (Å²) in [6.07, 6.45) is 1.73. The number of nitrogens with zero attached hydrogens (tertiary/aromatic N) is 2. The number of carbonyl (C=O) groups is 1. The number of hydrogen-bond acceptors (Lipinski definition) is 3. The number of nitrogens with one attached hydrogen (secondary N) is 1. The summed E-state index contributed by atoms with van der Waals surface area (Å²) in [5.41, 5.74) is 2.84. The predicted octanol–water partition coefficient (Wildman–Crippen LogP) is 3.73. The molecule has 0 saturated carbocycles. The summed E-state index contributed by atoms with van der Waals surface area (Å²) in [6, 6.07) is 27.5. The number of fused-ring (bicyclic) bond motifs is 1. The third kappa shape index (κ3) is 4.46. The summed E-state index contributed by atoms with van der Waals surface area (Å²) in [5, 5.41) is 3.60. The zero-order valence-corrected chi connectivity index (χ0v) is 16.6. The van der Waals surface area contributed by atoms with E-state index in [1.165, 1.54) is 10.9 Å². The fourth-order valence-corrected chi connectivity index (χ4v) is 3.59. The summed E-state index contributed by atoms with van der Waals surface area (Å²) in [5.74, 6) is -0.0201. The van der Waals surface area contributed by atoms with Crippen molar-refractivity contribution in [1.82, 2.24) is 14.9 Å². The smallest absolute Gasteiger partial charge is 0.261 e. The van der Waals surface area contributed by atoms with Crippen molar-refractivity contribution in [2.75, 3.05) is 6.54 Å². The Hall–Kier alpha value is -3.73. The Morgan fingerprint density at radius 2 is 1.47 bits per heavy atom. The molecule has 0 atom stereocenters. The zero-order valence-electron chi connectivity index (χ0n) is 16.6. The minimum atomic E-state index is -0.125. The summed E-state index contributed by atoms with van der Waals surface area (Å²) < 4.78 is 1.49. The highest BCUT2D eigenvalue weighted by Gasteiger charge is 2.15. The second kappa shape index (κ2) is 9.18. The lowest BCUT2D eigenvalue weighted by atomic mass is 9.91. The maximum absolute atomic E-state index is 12.6. The monoisotopic (exact) mass is 397 g/mol. The number of amides is 1. The van der Waals surface area contributed by atoms with Gasteiger partial charge in [-0.05, 0) is 23.3 Å². The average molecular weight is 397 g/mol. The Morgan fingerprint density at radius 1 is 0.867 bits per heavy atom. The topological polar surface area (TPSA) is 64.0 Å². The van der Waals surface area contributed by atoms with Crippen LogP contribution in [0, 0.1) is 0 Å². The van der Waals surface area contributed by atoms with Gasteiger partial charge in [-0.2, -0.15) is 0 Å². The highest BCUT2D eigenvalue weighted by molar-refractivity contribution is 5.77. The van der Waals surface area contributed by atoms with Gasteiger partial charge >= 0.3 is 0 Å². The minimum Gasteiger partial charge on any atom is -0.355 e. The number of carbonyl (C=O) groups excluding carboxylic acids is 1. The van der Waals surface area contributed by atoms with Crippen LogP contribution >= 0.6 is 0 Å². The Kier molecular flexibility index (Phi) is 5.99. The summed E-state index contributed by atoms with van der Waals surface area (Å²) in [6.45, 7) is 0.793. The molecular formula is C25H23N3O2. The van der Waals surface area contributed by atoms with Crippen molar-refractivity contribution in [1.29, 1.82) is 0 Å². The lowest BCUT2D eigenvalue weighted by Crippen LogP contribution is -2.31. The average Bonchev–Trinajstić information content (AvgIpc) is 2.80. The lowest BCUT2D eigenvalue weighted by molar-refractivity contribution is -0.121. The molecule has 0 unspecified atom stereocenters. The molecule has 30 heavy (non-hydrogen) atoms. The van der Waals surface area contributed by atoms with E-state index >= 15 is 0 Å². The van der Waals surface area contributed by atoms with Crippen molar-refractivity contribution in [2.24, 2.45) is 0 Å². The molecule has 1 aromatic heterocycles. The molecule has 0 spiro atoms. The number of para-hydroxylation sites is 1. The molecule has 0 fully saturated rings. The van der Waals surface area contributed by atoms with E-state index in [1.807, 2.05) is 48.5 Å². The molecule has 0 bridgehead atoms. The zero-order chi connectivity index (χ0) is 20.8. The molecule has 150 valence electrons. The van der Waals surface area contributed by atoms with Crippen molar-refractivity contribution in [3.8, 4) is 0 Å². The fourth-order valence-electron chi connectivity index (χ4n) is 3.59. The van der Waals surface area contributed by atoms with Gasteiger partial charge in [0, 0.05) is 25.4 Å². The minimum absolute atomic E-state index is 0.0707. The van der Waals surface area contributed by atoms with E-state index < -0.39 is 0 Å². The van der Waals surface area contributed by atoms with E-state index in [2.05, 4.69) is 34.6 Å². The van der Waals surface area contributed by atoms with Crippen molar-refractivity contribution in [3.05, 3.63) is 113 Å². The van der Waals surface area contributed by atoms with E-state index in [9.17, 15) is 9.59 Å². The molecule has 0 aliphatic heterocycles. The molecule has 1 amide bonds. The van der Waals surface area contributed by atoms with Crippen LogP contribution in [0.25, 0.3) is 10.9 Å². The molecule has 4 rings (SSSR count). The van der Waals surface area contributed by atoms with Gasteiger partial charge in [0.1, 0.15) is 0 Å². The molecule has 0 radical (unpaired) electrons. The molecular weight excluding hydrogens is 374 g/mol. The van der Waals surface area contributed by atoms with Crippen LogP contribution in [-0.4, -0.2) is 22.0 Å². The van der Waals surface area contributed by atoms with Gasteiger partial charge in [0.25, 0.3) is 5.56 Å². The van der Waals surface area contributed by atoms with Gasteiger partial charge in [0.05, 0.1) is 17.2 Å². The Labute approximate surface area is 175 Å². The quantitative estimate of drug-likeness (QED) is 0.517. The molecule has 1 N–H and O–H groups in total. The van der Waals surface area contributed by atoms with Gasteiger partial charge in [-0.15, -0.1) is 0 Å². The largest absolute Gasteiger partial charge is 0.355 e. The molecule has 0 aliphatic carbocycles. The Morgan fingerprint density at radius 3 is 2.13 bits per heavy atom. The number of hydrogen-bond donors (Lipinski definition) is 1. The van der Waals surface area contributed by atoms with Crippen molar-refractivity contribution in [3.63, 3.8) is 0 Å². The first-order valence-electron chi connectivity index (χ1n) is 10.0. The summed E-state index contributed by atoms with van der Waals surface area (Å²) >= 11 is 0. The molecule has 3 aromatic carbocycles. The lowest BCUT2D eigenvalue weighted by Gasteiger charge is -2.19. The summed E-state index contributed by atoms with van der Waals surface area (Å²) in [4.78, 5) is 29.4. The van der Waals surface area contributed by atoms with E-state index in [0.29, 0.717) is 24.0 Å². The normalized spacial score (nSPS) is 11.0. The van der Waals surface area contributed by atoms with Crippen LogP contribution in [-0.2, 0) is 11.3 Å². The molecule has 5 heteroatoms. The highest BCUT2D eigenvalue weighted by atomic mass is 16.1. The van der Waals surface area contributed by atoms with Crippen LogP contribution in [0.15, 0.2) is 96.1 Å². The third-order valence-electron chi connectivity index (χ3n) is 5.22. The predicted molar refractivity (Wildman–Crippen MR) is 118 cm³/mol. The number of aryl methyl sites for hydroxylation is 1. The highest BCUT2D eigenvalue weighted by Crippen LogP contribution is 2.23. The van der Waals surface area contributed by atoms with Crippen LogP contribution in [0.4, 0.5) is 0 Å². The molecule has 4 aromatic rings. The van der Waals surface area contributed by atoms with Crippen LogP contribution in [0.3, 0.4) is 0 Å². The van der Waals surface area contributed by atoms with Gasteiger partial charge in [-0.1, -0.05) is 72.8 Å². The Balaban J connectivity index is 1.42. The fraction of sp³-hybridized carbons (Fsp3) is 0.160. The Bertz CT molecular complexity index is 1150. The third-order valence-corrected chi connectivity index (χ3v) is 5.22. The van der Waals surface area contributed by atoms with Crippen LogP contribution in [0.1, 0.15) is 23.5 Å². The van der Waals surface area contributed by atoms with Crippen molar-refractivity contribution in [2.45, 2.75) is 18.9 Å². The standard InChI is InChI=1S/C25H23N3O2/c29-24(15-16-28-18-27-23-14-8-7-13-21(23)25(28)30)26-17-22(19-9-3-1-4-10-19)20-11-5-2-6-12-20/h1-14,18,22H,15-17H2,(H,26,29). The van der Waals surface area contributed by atoms with Crippen LogP contribution in [0.2, 0.25) is 0 Å². The van der Waals surface area contributed by atoms with Gasteiger partial charge < -0.3 is 5.32 Å². The first-order valence-corrected chi connectivity index (χ1v) is 10.0. The van der Waals surface area contributed by atoms with Crippen molar-refractivity contribution >= 4 is 16.8 Å². The number of rotatable bonds is 7. The number of benzene rings is 3. The van der Waals surface area contributed by atoms with E-state index in [0.717, 1.165) is 11.1 Å². The molecule has 5 nitrogen and oxygen atoms in total. The van der Waals surface area contributed by atoms with Gasteiger partial charge in [-0.3, -0.25) is 14.2 Å². The first-order chi connectivity index (χ1) is 14.7. The van der Waals surface area contributed by atoms with Gasteiger partial charge in [-0.25, -0.2) is 4.98 Å². The maximum Gasteiger partial charge on any atom is 0.261 e. The van der Waals surface area contributed by atoms with Crippen LogP contribution < -0.4 is 10.9 Å². The first kappa shape index (κ1) is 19.6. The van der Waals surface area contributed by atoms with Crippen LogP contribution in [0.5, 0.6) is 0 Å². The van der Waals surface area contributed by atoms with Gasteiger partial charge in [0.15, 0.2) is 0 Å². The second-order valence-electron chi connectivity index (χ2n) is 7.19. The number of aromatic nitrogens is 2. The summed E-state index contributed by atoms with van der Waals surface area (Å²) in [7, 11) is 0. The van der Waals surface area contributed by atoms with Gasteiger partial charge in [0.2, 0.25) is 5.91 Å². The van der Waals surface area contributed by atoms with E-state index in [-0.39, 0.29) is 23.8 Å². The second-order valence-corrected chi connectivity index (χ2v) is 7.19. The van der Waals surface area contributed by atoms with Crippen molar-refractivity contribution < 1.29 is 4.79 Å². The van der Waals surface area contributed by atoms with E-state index in [4.69, 9.17) is 0 Å².